The summed E-state index contributed by atoms with van der Waals surface area (Å²) in [5.74, 6) is 0. The molecule has 1 fully saturated rings. The first-order chi connectivity index (χ1) is 31.6. The van der Waals surface area contributed by atoms with Crippen molar-refractivity contribution in [2.75, 3.05) is 4.81 Å². The highest BCUT2D eigenvalue weighted by Gasteiger charge is 2.63. The highest BCUT2D eigenvalue weighted by atomic mass is 15.2. The van der Waals surface area contributed by atoms with Crippen LogP contribution < -0.4 is 15.7 Å². The maximum Gasteiger partial charge on any atom is 0.328 e. The van der Waals surface area contributed by atoms with Crippen LogP contribution in [0.2, 0.25) is 0 Å². The van der Waals surface area contributed by atoms with Gasteiger partial charge in [0.05, 0.1) is 22.1 Å². The van der Waals surface area contributed by atoms with Crippen molar-refractivity contribution in [1.29, 1.82) is 0 Å². The van der Waals surface area contributed by atoms with E-state index in [1.165, 1.54) is 136 Å². The monoisotopic (exact) mass is 896 g/mol. The Balaban J connectivity index is 1.27. The summed E-state index contributed by atoms with van der Waals surface area (Å²) in [5.41, 5.74) is 23.7. The van der Waals surface area contributed by atoms with Crippen molar-refractivity contribution in [1.82, 2.24) is 9.13 Å². The maximum atomic E-state index is 3.03. The summed E-state index contributed by atoms with van der Waals surface area (Å²) < 4.78 is 5.31. The average Bonchev–Trinajstić information content (AvgIpc) is 3.82. The Hall–Kier alpha value is -5.22. The van der Waals surface area contributed by atoms with Gasteiger partial charge in [-0.25, -0.2) is 0 Å². The lowest BCUT2D eigenvalue weighted by atomic mass is 9.42. The van der Waals surface area contributed by atoms with Gasteiger partial charge >= 0.3 is 6.85 Å². The predicted octanol–water partition coefficient (Wildman–Crippen LogP) is 15.9. The Morgan fingerprint density at radius 3 is 1.60 bits per heavy atom. The number of anilines is 1. The molecule has 12 rings (SSSR count). The van der Waals surface area contributed by atoms with E-state index in [2.05, 4.69) is 223 Å². The van der Waals surface area contributed by atoms with Crippen LogP contribution in [0.4, 0.5) is 5.69 Å². The highest BCUT2D eigenvalue weighted by molar-refractivity contribution is 6.93. The summed E-state index contributed by atoms with van der Waals surface area (Å²) in [6.07, 6.45) is 4.97. The van der Waals surface area contributed by atoms with Gasteiger partial charge in [-0.3, -0.25) is 0 Å². The van der Waals surface area contributed by atoms with Crippen molar-refractivity contribution < 1.29 is 0 Å². The molecule has 5 heterocycles. The van der Waals surface area contributed by atoms with Crippen LogP contribution in [0.15, 0.2) is 91.0 Å². The number of benzene rings is 6. The normalized spacial score (nSPS) is 20.2. The van der Waals surface area contributed by atoms with E-state index < -0.39 is 0 Å². The van der Waals surface area contributed by atoms with Crippen LogP contribution in [0.25, 0.3) is 66.1 Å². The average molecular weight is 896 g/mol. The second-order valence-electron chi connectivity index (χ2n) is 27.5. The van der Waals surface area contributed by atoms with Crippen molar-refractivity contribution >= 4 is 67.1 Å². The van der Waals surface area contributed by atoms with Gasteiger partial charge in [0.1, 0.15) is 0 Å². The lowest BCUT2D eigenvalue weighted by Crippen LogP contribution is -2.70. The molecule has 2 aromatic heterocycles. The third kappa shape index (κ3) is 5.79. The first-order valence-electron chi connectivity index (χ1n) is 26.0. The van der Waals surface area contributed by atoms with Crippen LogP contribution >= 0.6 is 0 Å². The van der Waals surface area contributed by atoms with Gasteiger partial charge in [0.25, 0.3) is 0 Å². The molecule has 348 valence electrons. The second kappa shape index (κ2) is 13.3. The summed E-state index contributed by atoms with van der Waals surface area (Å²) in [6, 6.07) is 37.6. The molecule has 0 amide bonds. The molecule has 0 bridgehead atoms. The molecule has 3 nitrogen and oxygen atoms in total. The van der Waals surface area contributed by atoms with Crippen molar-refractivity contribution in [3.63, 3.8) is 0 Å². The van der Waals surface area contributed by atoms with Gasteiger partial charge < -0.3 is 13.9 Å². The Labute approximate surface area is 407 Å². The summed E-state index contributed by atoms with van der Waals surface area (Å²) >= 11 is 0. The van der Waals surface area contributed by atoms with Crippen molar-refractivity contribution in [2.45, 2.75) is 181 Å². The molecule has 4 heteroatoms. The van der Waals surface area contributed by atoms with Gasteiger partial charge in [-0.05, 0) is 151 Å². The van der Waals surface area contributed by atoms with E-state index in [1.807, 2.05) is 0 Å². The van der Waals surface area contributed by atoms with Gasteiger partial charge in [-0.2, -0.15) is 0 Å². The largest absolute Gasteiger partial charge is 0.400 e. The zero-order valence-electron chi connectivity index (χ0n) is 44.4. The fourth-order valence-electron chi connectivity index (χ4n) is 13.5. The SMILES string of the molecule is CC(C)(C)c1ccc(-n2c3ccc(C(C)(C)C)cc3c3cc4c(cc32)c2cc(C(C)(C)C)cc3c2n4-c2cc(C(C)(C)C)cc4c2B3N2c3c-4cc(C(C)(C)C)cc3C3(C)CCCCC23C)cc1. The van der Waals surface area contributed by atoms with Crippen molar-refractivity contribution in [2.24, 2.45) is 0 Å². The molecule has 1 aliphatic carbocycles. The number of fused-ring (bicyclic) bond motifs is 13. The van der Waals surface area contributed by atoms with E-state index in [1.54, 1.807) is 5.56 Å². The van der Waals surface area contributed by atoms with E-state index >= 15 is 0 Å². The quantitative estimate of drug-likeness (QED) is 0.150. The molecule has 68 heavy (non-hydrogen) atoms. The molecule has 3 aliphatic heterocycles. The van der Waals surface area contributed by atoms with Crippen LogP contribution in [0.1, 0.15) is 177 Å². The maximum absolute atomic E-state index is 3.03. The van der Waals surface area contributed by atoms with E-state index in [0.29, 0.717) is 0 Å². The van der Waals surface area contributed by atoms with Gasteiger partial charge in [0.15, 0.2) is 0 Å². The van der Waals surface area contributed by atoms with Gasteiger partial charge in [-0.1, -0.05) is 160 Å². The summed E-state index contributed by atoms with van der Waals surface area (Å²) in [7, 11) is 0. The smallest absolute Gasteiger partial charge is 0.328 e. The Kier molecular flexibility index (Phi) is 8.64. The molecule has 0 N–H and O–H groups in total. The second-order valence-corrected chi connectivity index (χ2v) is 27.5. The van der Waals surface area contributed by atoms with Crippen molar-refractivity contribution in [3.8, 4) is 22.5 Å². The minimum atomic E-state index is -0.0556. The highest BCUT2D eigenvalue weighted by Crippen LogP contribution is 2.63. The number of hydrogen-bond donors (Lipinski definition) is 0. The van der Waals surface area contributed by atoms with E-state index in [9.17, 15) is 0 Å². The molecule has 2 atom stereocenters. The number of rotatable bonds is 1. The van der Waals surface area contributed by atoms with E-state index in [0.717, 1.165) is 0 Å². The lowest BCUT2D eigenvalue weighted by Gasteiger charge is -2.54. The van der Waals surface area contributed by atoms with E-state index in [4.69, 9.17) is 0 Å². The van der Waals surface area contributed by atoms with Crippen LogP contribution in [-0.2, 0) is 32.5 Å². The molecule has 8 aromatic rings. The minimum absolute atomic E-state index is 0.0141. The van der Waals surface area contributed by atoms with Crippen LogP contribution in [-0.4, -0.2) is 21.5 Å². The Morgan fingerprint density at radius 1 is 0.456 bits per heavy atom. The molecule has 2 unspecified atom stereocenters. The number of nitrogens with zero attached hydrogens (tertiary/aromatic N) is 3. The van der Waals surface area contributed by atoms with Crippen molar-refractivity contribution in [3.05, 3.63) is 124 Å². The fraction of sp³-hybridized carbons (Fsp3) is 0.438. The number of aromatic nitrogens is 2. The molecular weight excluding hydrogens is 822 g/mol. The zero-order valence-corrected chi connectivity index (χ0v) is 44.4. The first-order valence-corrected chi connectivity index (χ1v) is 26.0. The third-order valence-electron chi connectivity index (χ3n) is 18.0. The Bertz CT molecular complexity index is 3500. The van der Waals surface area contributed by atoms with Crippen LogP contribution in [0.3, 0.4) is 0 Å². The lowest BCUT2D eigenvalue weighted by molar-refractivity contribution is 0.199. The van der Waals surface area contributed by atoms with E-state index in [-0.39, 0.29) is 44.9 Å². The predicted molar refractivity (Wildman–Crippen MR) is 296 cm³/mol. The molecule has 0 spiro atoms. The van der Waals surface area contributed by atoms with Gasteiger partial charge in [-0.15, -0.1) is 0 Å². The molecule has 0 saturated heterocycles. The number of hydrogen-bond acceptors (Lipinski definition) is 1. The molecular formula is C64H74BN3. The molecule has 4 aliphatic rings. The Morgan fingerprint density at radius 2 is 0.971 bits per heavy atom. The summed E-state index contributed by atoms with van der Waals surface area (Å²) in [6.45, 7) is 41.1. The zero-order chi connectivity index (χ0) is 48.4. The summed E-state index contributed by atoms with van der Waals surface area (Å²) in [5, 5.41) is 5.34. The molecule has 1 saturated carbocycles. The van der Waals surface area contributed by atoms with Gasteiger partial charge in [0.2, 0.25) is 0 Å². The third-order valence-corrected chi connectivity index (χ3v) is 18.0. The standard InChI is InChI=1S/C64H74BN3/c1-58(2,3)37-20-23-42(24-21-37)66-51-25-22-38(59(4,5)6)28-43(51)44-35-53-45(36-52(44)66)47-31-40(61(10,11)12)33-50-57(47)67(53)54-34-41(62(13,14)15)29-46-48-30-39(60(7,8)9)32-49-56(48)68(65(50)55(46)54)64(17)27-19-18-26-63(49,64)16/h20-25,28-36H,18-19,26-27H2,1-17H3. The van der Waals surface area contributed by atoms with Crippen LogP contribution in [0, 0.1) is 0 Å². The topological polar surface area (TPSA) is 13.1 Å². The molecule has 0 radical (unpaired) electrons. The minimum Gasteiger partial charge on any atom is -0.400 e. The van der Waals surface area contributed by atoms with Gasteiger partial charge in [0, 0.05) is 55.1 Å². The first kappa shape index (κ1) is 44.0. The fourth-order valence-corrected chi connectivity index (χ4v) is 13.5. The molecule has 6 aromatic carbocycles. The van der Waals surface area contributed by atoms with Crippen LogP contribution in [0.5, 0.6) is 0 Å². The summed E-state index contributed by atoms with van der Waals surface area (Å²) in [4.78, 5) is 3.03.